The zero-order chi connectivity index (χ0) is 13.7. The van der Waals surface area contributed by atoms with Gasteiger partial charge >= 0.3 is 5.97 Å². The molecule has 0 aromatic heterocycles. The summed E-state index contributed by atoms with van der Waals surface area (Å²) in [5.41, 5.74) is 6.22. The highest BCUT2D eigenvalue weighted by Gasteiger charge is 2.10. The van der Waals surface area contributed by atoms with E-state index in [0.717, 1.165) is 17.7 Å². The maximum atomic E-state index is 11.7. The Kier molecular flexibility index (Phi) is 4.37. The highest BCUT2D eigenvalue weighted by atomic mass is 16.5. The number of ether oxygens (including phenoxy) is 1. The van der Waals surface area contributed by atoms with Crippen LogP contribution in [0.1, 0.15) is 26.3 Å². The lowest BCUT2D eigenvalue weighted by molar-refractivity contribution is -0.113. The quantitative estimate of drug-likeness (QED) is 0.488. The zero-order valence-corrected chi connectivity index (χ0v) is 10.1. The Bertz CT molecular complexity index is 532. The summed E-state index contributed by atoms with van der Waals surface area (Å²) in [5.74, 6) is -1.63. The highest BCUT2D eigenvalue weighted by molar-refractivity contribution is 6.08. The lowest BCUT2D eigenvalue weighted by atomic mass is 10.0. The number of amides is 1. The summed E-state index contributed by atoms with van der Waals surface area (Å²) < 4.78 is 4.58. The number of hydrogen-bond donors (Lipinski definition) is 1. The molecular weight excluding hydrogens is 234 g/mol. The third kappa shape index (κ3) is 3.55. The van der Waals surface area contributed by atoms with Crippen LogP contribution in [0.15, 0.2) is 30.4 Å². The summed E-state index contributed by atoms with van der Waals surface area (Å²) in [6.45, 7) is 1.75. The molecule has 94 valence electrons. The van der Waals surface area contributed by atoms with E-state index in [9.17, 15) is 14.4 Å². The van der Waals surface area contributed by atoms with Gasteiger partial charge in [-0.15, -0.1) is 0 Å². The van der Waals surface area contributed by atoms with Crippen LogP contribution in [-0.2, 0) is 9.53 Å². The molecular formula is C13H13NO4. The number of hydrogen-bond acceptors (Lipinski definition) is 4. The Balaban J connectivity index is 3.10. The number of ketones is 1. The van der Waals surface area contributed by atoms with E-state index in [4.69, 9.17) is 5.73 Å². The van der Waals surface area contributed by atoms with Gasteiger partial charge in [-0.05, 0) is 36.8 Å². The summed E-state index contributed by atoms with van der Waals surface area (Å²) in [5, 5.41) is 0. The SMILES string of the molecule is COC(=O)c1cc(C)cc(C(=O)/C=C/C(N)=O)c1. The van der Waals surface area contributed by atoms with Gasteiger partial charge in [0.2, 0.25) is 5.91 Å². The molecule has 0 spiro atoms. The summed E-state index contributed by atoms with van der Waals surface area (Å²) in [4.78, 5) is 33.6. The molecule has 0 aliphatic heterocycles. The van der Waals surface area contributed by atoms with Crippen LogP contribution in [0, 0.1) is 6.92 Å². The Morgan fingerprint density at radius 1 is 1.11 bits per heavy atom. The predicted octanol–water partition coefficient (Wildman–Crippen LogP) is 1.01. The first-order chi connectivity index (χ1) is 8.43. The highest BCUT2D eigenvalue weighted by Crippen LogP contribution is 2.12. The van der Waals surface area contributed by atoms with Crippen LogP contribution in [0.4, 0.5) is 0 Å². The fourth-order valence-corrected chi connectivity index (χ4v) is 1.42. The van der Waals surface area contributed by atoms with Crippen LogP contribution in [-0.4, -0.2) is 24.8 Å². The van der Waals surface area contributed by atoms with Gasteiger partial charge in [-0.25, -0.2) is 4.79 Å². The number of benzene rings is 1. The van der Waals surface area contributed by atoms with E-state index in [1.54, 1.807) is 19.1 Å². The van der Waals surface area contributed by atoms with Gasteiger partial charge in [-0.1, -0.05) is 0 Å². The fourth-order valence-electron chi connectivity index (χ4n) is 1.42. The third-order valence-electron chi connectivity index (χ3n) is 2.18. The first kappa shape index (κ1) is 13.6. The Morgan fingerprint density at radius 2 is 1.72 bits per heavy atom. The molecule has 5 heteroatoms. The van der Waals surface area contributed by atoms with Gasteiger partial charge in [-0.3, -0.25) is 9.59 Å². The van der Waals surface area contributed by atoms with Gasteiger partial charge in [0.25, 0.3) is 0 Å². The van der Waals surface area contributed by atoms with E-state index >= 15 is 0 Å². The van der Waals surface area contributed by atoms with Crippen molar-refractivity contribution in [3.8, 4) is 0 Å². The molecule has 1 aromatic rings. The van der Waals surface area contributed by atoms with Crippen molar-refractivity contribution in [3.63, 3.8) is 0 Å². The average Bonchev–Trinajstić information content (AvgIpc) is 2.34. The standard InChI is InChI=1S/C13H13NO4/c1-8-5-9(11(15)3-4-12(14)16)7-10(6-8)13(17)18-2/h3-7H,1-2H3,(H2,14,16)/b4-3+. The molecule has 0 aliphatic carbocycles. The van der Waals surface area contributed by atoms with Gasteiger partial charge in [0, 0.05) is 11.6 Å². The minimum absolute atomic E-state index is 0.285. The second-order valence-electron chi connectivity index (χ2n) is 3.68. The normalized spacial score (nSPS) is 10.3. The van der Waals surface area contributed by atoms with Gasteiger partial charge in [0.1, 0.15) is 0 Å². The zero-order valence-electron chi connectivity index (χ0n) is 10.1. The molecule has 0 radical (unpaired) electrons. The Hall–Kier alpha value is -2.43. The molecule has 2 N–H and O–H groups in total. The van der Waals surface area contributed by atoms with Crippen LogP contribution in [0.2, 0.25) is 0 Å². The van der Waals surface area contributed by atoms with Crippen LogP contribution >= 0.6 is 0 Å². The number of esters is 1. The molecule has 0 bridgehead atoms. The van der Waals surface area contributed by atoms with Gasteiger partial charge in [0.05, 0.1) is 12.7 Å². The first-order valence-electron chi connectivity index (χ1n) is 5.16. The smallest absolute Gasteiger partial charge is 0.337 e. The molecule has 1 rings (SSSR count). The van der Waals surface area contributed by atoms with E-state index in [1.807, 2.05) is 0 Å². The van der Waals surface area contributed by atoms with Crippen LogP contribution < -0.4 is 5.73 Å². The molecule has 0 atom stereocenters. The minimum atomic E-state index is -0.704. The molecule has 0 saturated heterocycles. The number of rotatable bonds is 4. The molecule has 1 amide bonds. The van der Waals surface area contributed by atoms with Crippen LogP contribution in [0.5, 0.6) is 0 Å². The topological polar surface area (TPSA) is 86.5 Å². The minimum Gasteiger partial charge on any atom is -0.465 e. The lowest BCUT2D eigenvalue weighted by Gasteiger charge is -2.03. The first-order valence-corrected chi connectivity index (χ1v) is 5.16. The Labute approximate surface area is 104 Å². The van der Waals surface area contributed by atoms with Gasteiger partial charge < -0.3 is 10.5 Å². The summed E-state index contributed by atoms with van der Waals surface area (Å²) >= 11 is 0. The van der Waals surface area contributed by atoms with Crippen LogP contribution in [0.25, 0.3) is 0 Å². The van der Waals surface area contributed by atoms with E-state index in [1.165, 1.54) is 13.2 Å². The van der Waals surface area contributed by atoms with E-state index in [0.29, 0.717) is 5.56 Å². The number of carbonyl (C=O) groups excluding carboxylic acids is 3. The summed E-state index contributed by atoms with van der Waals surface area (Å²) in [6.07, 6.45) is 2.04. The maximum absolute atomic E-state index is 11.7. The lowest BCUT2D eigenvalue weighted by Crippen LogP contribution is -2.08. The predicted molar refractivity (Wildman–Crippen MR) is 65.2 cm³/mol. The number of carbonyl (C=O) groups is 3. The summed E-state index contributed by atoms with van der Waals surface area (Å²) in [6, 6.07) is 4.63. The molecule has 0 aliphatic rings. The van der Waals surface area contributed by atoms with Crippen molar-refractivity contribution in [2.24, 2.45) is 5.73 Å². The molecule has 0 unspecified atom stereocenters. The van der Waals surface area contributed by atoms with Crippen molar-refractivity contribution in [1.82, 2.24) is 0 Å². The third-order valence-corrected chi connectivity index (χ3v) is 2.18. The van der Waals surface area contributed by atoms with Crippen molar-refractivity contribution in [1.29, 1.82) is 0 Å². The largest absolute Gasteiger partial charge is 0.465 e. The number of methoxy groups -OCH3 is 1. The fraction of sp³-hybridized carbons (Fsp3) is 0.154. The molecule has 0 fully saturated rings. The molecule has 0 heterocycles. The maximum Gasteiger partial charge on any atom is 0.337 e. The van der Waals surface area contributed by atoms with Crippen molar-refractivity contribution in [2.45, 2.75) is 6.92 Å². The average molecular weight is 247 g/mol. The van der Waals surface area contributed by atoms with Gasteiger partial charge in [0.15, 0.2) is 5.78 Å². The number of allylic oxidation sites excluding steroid dienone is 1. The molecule has 5 nitrogen and oxygen atoms in total. The van der Waals surface area contributed by atoms with Crippen molar-refractivity contribution in [2.75, 3.05) is 7.11 Å². The number of primary amides is 1. The second-order valence-corrected chi connectivity index (χ2v) is 3.68. The number of aryl methyl sites for hydroxylation is 1. The second kappa shape index (κ2) is 5.77. The van der Waals surface area contributed by atoms with E-state index < -0.39 is 17.7 Å². The van der Waals surface area contributed by atoms with E-state index in [2.05, 4.69) is 4.74 Å². The van der Waals surface area contributed by atoms with Crippen molar-refractivity contribution < 1.29 is 19.1 Å². The molecule has 0 saturated carbocycles. The molecule has 18 heavy (non-hydrogen) atoms. The summed E-state index contributed by atoms with van der Waals surface area (Å²) in [7, 11) is 1.26. The Morgan fingerprint density at radius 3 is 2.28 bits per heavy atom. The van der Waals surface area contributed by atoms with Crippen LogP contribution in [0.3, 0.4) is 0 Å². The van der Waals surface area contributed by atoms with Crippen molar-refractivity contribution in [3.05, 3.63) is 47.0 Å². The monoisotopic (exact) mass is 247 g/mol. The van der Waals surface area contributed by atoms with E-state index in [-0.39, 0.29) is 5.56 Å². The number of nitrogens with two attached hydrogens (primary N) is 1. The molecule has 1 aromatic carbocycles. The van der Waals surface area contributed by atoms with Crippen molar-refractivity contribution >= 4 is 17.7 Å². The van der Waals surface area contributed by atoms with Gasteiger partial charge in [-0.2, -0.15) is 0 Å².